The molecule has 0 amide bonds. The Bertz CT molecular complexity index is 374. The SMILES string of the molecule is CC(F)C(CC1(N)CC1)c1cccc(O)c1. The minimum atomic E-state index is -0.942. The molecule has 1 fully saturated rings. The molecule has 0 aromatic heterocycles. The van der Waals surface area contributed by atoms with E-state index in [1.807, 2.05) is 6.07 Å². The van der Waals surface area contributed by atoms with Crippen LogP contribution in [0.1, 0.15) is 37.7 Å². The number of nitrogens with two attached hydrogens (primary N) is 1. The van der Waals surface area contributed by atoms with Crippen LogP contribution in [0.4, 0.5) is 4.39 Å². The predicted octanol–water partition coefficient (Wildman–Crippen LogP) is 2.72. The summed E-state index contributed by atoms with van der Waals surface area (Å²) in [5.41, 5.74) is 6.70. The van der Waals surface area contributed by atoms with E-state index in [1.54, 1.807) is 25.1 Å². The van der Waals surface area contributed by atoms with Gasteiger partial charge in [0.05, 0.1) is 0 Å². The van der Waals surface area contributed by atoms with Crippen LogP contribution in [0.3, 0.4) is 0 Å². The average molecular weight is 223 g/mol. The number of phenols is 1. The van der Waals surface area contributed by atoms with Gasteiger partial charge in [-0.25, -0.2) is 4.39 Å². The summed E-state index contributed by atoms with van der Waals surface area (Å²) in [6, 6.07) is 6.83. The standard InChI is InChI=1S/C13H18FNO/c1-9(14)12(8-13(15)5-6-13)10-3-2-4-11(16)7-10/h2-4,7,9,12,16H,5-6,8,15H2,1H3. The van der Waals surface area contributed by atoms with Crippen LogP contribution in [0, 0.1) is 0 Å². The molecule has 0 spiro atoms. The molecule has 0 bridgehead atoms. The Labute approximate surface area is 95.3 Å². The summed E-state index contributed by atoms with van der Waals surface area (Å²) in [6.07, 6.45) is 1.68. The molecule has 0 heterocycles. The lowest BCUT2D eigenvalue weighted by molar-refractivity contribution is 0.280. The van der Waals surface area contributed by atoms with Gasteiger partial charge in [-0.05, 0) is 43.9 Å². The van der Waals surface area contributed by atoms with Crippen LogP contribution in [0.5, 0.6) is 5.75 Å². The summed E-state index contributed by atoms with van der Waals surface area (Å²) >= 11 is 0. The number of alkyl halides is 1. The number of phenolic OH excluding ortho intramolecular Hbond substituents is 1. The molecule has 0 saturated heterocycles. The van der Waals surface area contributed by atoms with Crippen LogP contribution >= 0.6 is 0 Å². The Balaban J connectivity index is 2.18. The second-order valence-electron chi connectivity index (χ2n) is 4.95. The molecule has 1 saturated carbocycles. The van der Waals surface area contributed by atoms with Crippen LogP contribution in [0.25, 0.3) is 0 Å². The Morgan fingerprint density at radius 3 is 2.69 bits per heavy atom. The van der Waals surface area contributed by atoms with Crippen molar-refractivity contribution in [3.63, 3.8) is 0 Å². The van der Waals surface area contributed by atoms with E-state index in [2.05, 4.69) is 0 Å². The van der Waals surface area contributed by atoms with Gasteiger partial charge in [0.1, 0.15) is 11.9 Å². The average Bonchev–Trinajstić information content (AvgIpc) is 2.93. The summed E-state index contributed by atoms with van der Waals surface area (Å²) in [5, 5.41) is 9.40. The van der Waals surface area contributed by atoms with Crippen molar-refractivity contribution in [2.75, 3.05) is 0 Å². The van der Waals surface area contributed by atoms with Crippen molar-refractivity contribution in [1.82, 2.24) is 0 Å². The van der Waals surface area contributed by atoms with Gasteiger partial charge in [-0.3, -0.25) is 0 Å². The highest BCUT2D eigenvalue weighted by Gasteiger charge is 2.41. The highest BCUT2D eigenvalue weighted by molar-refractivity contribution is 5.31. The van der Waals surface area contributed by atoms with E-state index in [0.29, 0.717) is 6.42 Å². The number of hydrogen-bond donors (Lipinski definition) is 2. The van der Waals surface area contributed by atoms with Gasteiger partial charge in [0, 0.05) is 11.5 Å². The number of halogens is 1. The number of hydrogen-bond acceptors (Lipinski definition) is 2. The Hall–Kier alpha value is -1.09. The van der Waals surface area contributed by atoms with Gasteiger partial charge in [-0.1, -0.05) is 12.1 Å². The summed E-state index contributed by atoms with van der Waals surface area (Å²) < 4.78 is 13.6. The highest BCUT2D eigenvalue weighted by atomic mass is 19.1. The molecule has 2 nitrogen and oxygen atoms in total. The number of rotatable bonds is 4. The van der Waals surface area contributed by atoms with E-state index in [4.69, 9.17) is 5.73 Å². The van der Waals surface area contributed by atoms with Crippen molar-refractivity contribution in [3.05, 3.63) is 29.8 Å². The normalized spacial score (nSPS) is 21.4. The molecule has 2 atom stereocenters. The van der Waals surface area contributed by atoms with E-state index in [1.165, 1.54) is 0 Å². The van der Waals surface area contributed by atoms with E-state index in [0.717, 1.165) is 18.4 Å². The fourth-order valence-corrected chi connectivity index (χ4v) is 2.10. The van der Waals surface area contributed by atoms with Crippen LogP contribution in [-0.2, 0) is 0 Å². The molecule has 2 unspecified atom stereocenters. The van der Waals surface area contributed by atoms with Gasteiger partial charge >= 0.3 is 0 Å². The summed E-state index contributed by atoms with van der Waals surface area (Å²) in [6.45, 7) is 1.56. The largest absolute Gasteiger partial charge is 0.508 e. The van der Waals surface area contributed by atoms with Crippen molar-refractivity contribution >= 4 is 0 Å². The zero-order valence-electron chi connectivity index (χ0n) is 9.49. The molecule has 3 N–H and O–H groups in total. The predicted molar refractivity (Wildman–Crippen MR) is 62.2 cm³/mol. The lowest BCUT2D eigenvalue weighted by Gasteiger charge is -2.22. The Morgan fingerprint density at radius 1 is 1.50 bits per heavy atom. The molecule has 1 aliphatic rings. The third-order valence-electron chi connectivity index (χ3n) is 3.37. The maximum Gasteiger partial charge on any atom is 0.115 e. The van der Waals surface area contributed by atoms with Crippen LogP contribution in [-0.4, -0.2) is 16.8 Å². The summed E-state index contributed by atoms with van der Waals surface area (Å²) in [4.78, 5) is 0. The van der Waals surface area contributed by atoms with E-state index in [-0.39, 0.29) is 17.2 Å². The van der Waals surface area contributed by atoms with Crippen molar-refractivity contribution in [2.45, 2.75) is 43.8 Å². The Morgan fingerprint density at radius 2 is 2.19 bits per heavy atom. The maximum atomic E-state index is 13.6. The molecule has 1 aliphatic carbocycles. The molecule has 0 aliphatic heterocycles. The monoisotopic (exact) mass is 223 g/mol. The second kappa shape index (κ2) is 4.06. The van der Waals surface area contributed by atoms with Crippen LogP contribution in [0.15, 0.2) is 24.3 Å². The van der Waals surface area contributed by atoms with Crippen molar-refractivity contribution in [1.29, 1.82) is 0 Å². The highest BCUT2D eigenvalue weighted by Crippen LogP contribution is 2.43. The topological polar surface area (TPSA) is 46.2 Å². The van der Waals surface area contributed by atoms with Gasteiger partial charge in [0.2, 0.25) is 0 Å². The van der Waals surface area contributed by atoms with Gasteiger partial charge < -0.3 is 10.8 Å². The smallest absolute Gasteiger partial charge is 0.115 e. The minimum absolute atomic E-state index is 0.170. The second-order valence-corrected chi connectivity index (χ2v) is 4.95. The molecule has 2 rings (SSSR count). The fraction of sp³-hybridized carbons (Fsp3) is 0.538. The summed E-state index contributed by atoms with van der Waals surface area (Å²) in [7, 11) is 0. The zero-order chi connectivity index (χ0) is 11.8. The first-order chi connectivity index (χ1) is 7.50. The minimum Gasteiger partial charge on any atom is -0.508 e. The lowest BCUT2D eigenvalue weighted by Crippen LogP contribution is -2.27. The van der Waals surface area contributed by atoms with Crippen molar-refractivity contribution < 1.29 is 9.50 Å². The van der Waals surface area contributed by atoms with E-state index >= 15 is 0 Å². The van der Waals surface area contributed by atoms with Crippen LogP contribution < -0.4 is 5.73 Å². The maximum absolute atomic E-state index is 13.6. The third-order valence-corrected chi connectivity index (χ3v) is 3.37. The molecule has 88 valence electrons. The van der Waals surface area contributed by atoms with Gasteiger partial charge in [0.15, 0.2) is 0 Å². The first kappa shape index (κ1) is 11.4. The van der Waals surface area contributed by atoms with Crippen molar-refractivity contribution in [3.8, 4) is 5.75 Å². The number of aromatic hydroxyl groups is 1. The third kappa shape index (κ3) is 2.53. The molecule has 16 heavy (non-hydrogen) atoms. The zero-order valence-corrected chi connectivity index (χ0v) is 9.49. The van der Waals surface area contributed by atoms with Crippen LogP contribution in [0.2, 0.25) is 0 Å². The summed E-state index contributed by atoms with van der Waals surface area (Å²) in [5.74, 6) is -0.0235. The van der Waals surface area contributed by atoms with Gasteiger partial charge in [-0.15, -0.1) is 0 Å². The number of benzene rings is 1. The van der Waals surface area contributed by atoms with E-state index < -0.39 is 6.17 Å². The first-order valence-electron chi connectivity index (χ1n) is 5.72. The Kier molecular flexibility index (Phi) is 2.89. The van der Waals surface area contributed by atoms with Gasteiger partial charge in [-0.2, -0.15) is 0 Å². The molecule has 0 radical (unpaired) electrons. The quantitative estimate of drug-likeness (QED) is 0.824. The van der Waals surface area contributed by atoms with E-state index in [9.17, 15) is 9.50 Å². The molecule has 1 aromatic carbocycles. The molecule has 3 heteroatoms. The van der Waals surface area contributed by atoms with Crippen molar-refractivity contribution in [2.24, 2.45) is 5.73 Å². The molecule has 1 aromatic rings. The first-order valence-corrected chi connectivity index (χ1v) is 5.72. The lowest BCUT2D eigenvalue weighted by atomic mass is 9.88. The molecular formula is C13H18FNO. The van der Waals surface area contributed by atoms with Gasteiger partial charge in [0.25, 0.3) is 0 Å². The fourth-order valence-electron chi connectivity index (χ4n) is 2.10. The molecular weight excluding hydrogens is 205 g/mol.